The first-order valence-corrected chi connectivity index (χ1v) is 2.53. The van der Waals surface area contributed by atoms with E-state index in [1.807, 2.05) is 14.0 Å². The Hall–Kier alpha value is -0.450. The lowest BCUT2D eigenvalue weighted by Crippen LogP contribution is -3.09. The molecule has 56 valence electrons. The van der Waals surface area contributed by atoms with Crippen molar-refractivity contribution < 1.29 is 18.7 Å². The van der Waals surface area contributed by atoms with Gasteiger partial charge < -0.3 is 11.0 Å². The van der Waals surface area contributed by atoms with Crippen molar-refractivity contribution in [2.45, 2.75) is 6.92 Å². The molecule has 4 N–H and O–H groups in total. The summed E-state index contributed by atoms with van der Waals surface area (Å²) >= 11 is 0. The van der Waals surface area contributed by atoms with Crippen LogP contribution in [0, 0.1) is 0 Å². The quantitative estimate of drug-likeness (QED) is 0.410. The van der Waals surface area contributed by atoms with Crippen LogP contribution in [0.2, 0.25) is 1.41 Å². The first-order chi connectivity index (χ1) is 4.63. The van der Waals surface area contributed by atoms with E-state index in [1.165, 1.54) is 0 Å². The molecule has 1 heterocycles. The van der Waals surface area contributed by atoms with Crippen LogP contribution in [0.5, 0.6) is 0 Å². The molecular weight excluding hydrogens is 120 g/mol. The zero-order chi connectivity index (χ0) is 8.20. The summed E-state index contributed by atoms with van der Waals surface area (Å²) in [6.45, 7) is 3.57. The number of hydrogen-bond acceptors (Lipinski definition) is 2. The van der Waals surface area contributed by atoms with Gasteiger partial charge in [0, 0.05) is 6.92 Å². The summed E-state index contributed by atoms with van der Waals surface area (Å²) in [6.07, 6.45) is 0. The maximum absolute atomic E-state index is 7.50. The van der Waals surface area contributed by atoms with Crippen LogP contribution in [0.25, 0.3) is 0 Å². The Balaban J connectivity index is 0. The number of amidine groups is 1. The minimum atomic E-state index is 0. The zero-order valence-corrected chi connectivity index (χ0v) is 5.70. The lowest BCUT2D eigenvalue weighted by atomic mass is 10.6. The molecule has 9 heavy (non-hydrogen) atoms. The van der Waals surface area contributed by atoms with E-state index in [1.54, 1.807) is 0 Å². The van der Waals surface area contributed by atoms with Crippen molar-refractivity contribution in [3.63, 3.8) is 0 Å². The predicted octanol–water partition coefficient (Wildman–Crippen LogP) is -2.07. The first kappa shape index (κ1) is 6.67. The van der Waals surface area contributed by atoms with E-state index in [4.69, 9.17) is 8.32 Å². The standard InChI is InChI=1S/C5H10N2.2H2O/c1-5-6-3-4-7(5)2;;/h3-4H2,1-2H3;2*1H2/i/hT2. The highest BCUT2D eigenvalue weighted by atomic mass is 16.0. The molecule has 1 atom stereocenters. The second kappa shape index (κ2) is 4.43. The molecule has 0 aromatic carbocycles. The van der Waals surface area contributed by atoms with E-state index >= 15 is 0 Å². The van der Waals surface area contributed by atoms with E-state index in [9.17, 15) is 0 Å². The van der Waals surface area contributed by atoms with Crippen LogP contribution in [-0.2, 0) is 0 Å². The first-order valence-electron chi connectivity index (χ1n) is 3.42. The molecule has 1 rings (SSSR count). The fraction of sp³-hybridized carbons (Fsp3) is 0.800. The number of likely N-dealkylation sites (N-methyl/N-ethyl adjacent to an activating group) is 1. The highest BCUT2D eigenvalue weighted by Gasteiger charge is 2.10. The van der Waals surface area contributed by atoms with Gasteiger partial charge >= 0.3 is 1.41 Å². The summed E-state index contributed by atoms with van der Waals surface area (Å²) in [7, 11) is 1.85. The molecule has 0 amide bonds. The van der Waals surface area contributed by atoms with Gasteiger partial charge in [-0.3, -0.25) is 4.89 Å². The molecule has 0 aromatic rings. The molecular formula is C5H14N2O2. The number of nitrogens with one attached hydrogen (secondary N) is 1. The highest BCUT2D eigenvalue weighted by Crippen LogP contribution is 1.72. The lowest BCUT2D eigenvalue weighted by molar-refractivity contribution is -0.774. The minimum Gasteiger partial charge on any atom is -0.870 e. The Morgan fingerprint density at radius 2 is 2.44 bits per heavy atom. The van der Waals surface area contributed by atoms with E-state index in [0.29, 0.717) is 0 Å². The molecule has 0 radical (unpaired) electrons. The van der Waals surface area contributed by atoms with Crippen LogP contribution in [0.15, 0.2) is 4.99 Å². The van der Waals surface area contributed by atoms with E-state index in [0.717, 1.165) is 18.9 Å². The molecule has 4 nitrogen and oxygen atoms in total. The van der Waals surface area contributed by atoms with Crippen LogP contribution in [-0.4, -0.2) is 36.9 Å². The summed E-state index contributed by atoms with van der Waals surface area (Å²) in [5.41, 5.74) is 6.25. The average molecular weight is 138 g/mol. The van der Waals surface area contributed by atoms with Crippen molar-refractivity contribution in [1.82, 2.24) is 0 Å². The third-order valence-corrected chi connectivity index (χ3v) is 1.33. The Labute approximate surface area is 57.8 Å². The van der Waals surface area contributed by atoms with Crippen molar-refractivity contribution >= 4 is 5.84 Å². The van der Waals surface area contributed by atoms with E-state index < -0.39 is 0 Å². The SMILES string of the molecule is [3H]O.[3H][N+]1(C)CCN=C1C.[OH-]. The van der Waals surface area contributed by atoms with Gasteiger partial charge in [0.15, 0.2) is 5.84 Å². The van der Waals surface area contributed by atoms with Crippen LogP contribution in [0.3, 0.4) is 0 Å². The van der Waals surface area contributed by atoms with E-state index in [-0.39, 0.29) is 10.4 Å². The number of quaternary nitrogens is 1. The van der Waals surface area contributed by atoms with Crippen molar-refractivity contribution in [2.75, 3.05) is 20.1 Å². The zero-order valence-electron chi connectivity index (χ0n) is 7.70. The van der Waals surface area contributed by atoms with Crippen LogP contribution in [0.4, 0.5) is 0 Å². The van der Waals surface area contributed by atoms with E-state index in [2.05, 4.69) is 4.99 Å². The second-order valence-corrected chi connectivity index (χ2v) is 1.85. The Bertz CT molecular complexity index is 138. The monoisotopic (exact) mass is 138 g/mol. The third-order valence-electron chi connectivity index (χ3n) is 1.33. The number of aliphatic imine (C=N–C) groups is 1. The molecule has 1 unspecified atom stereocenters. The van der Waals surface area contributed by atoms with Gasteiger partial charge in [0.05, 0.1) is 13.6 Å². The molecule has 1 aliphatic rings. The molecule has 0 aromatic heterocycles. The molecule has 0 bridgehead atoms. The normalized spacial score (nSPS) is 34.3. The molecule has 4 heteroatoms. The van der Waals surface area contributed by atoms with Crippen LogP contribution >= 0.6 is 0 Å². The van der Waals surface area contributed by atoms with Gasteiger partial charge in [-0.25, -0.2) is 4.99 Å². The van der Waals surface area contributed by atoms with Crippen molar-refractivity contribution in [3.8, 4) is 0 Å². The second-order valence-electron chi connectivity index (χ2n) is 1.85. The summed E-state index contributed by atoms with van der Waals surface area (Å²) in [5.74, 6) is 0.921. The average Bonchev–Trinajstić information content (AvgIpc) is 2.17. The molecule has 0 saturated carbocycles. The molecule has 0 saturated heterocycles. The van der Waals surface area contributed by atoms with Gasteiger partial charge in [0.1, 0.15) is 6.54 Å². The molecule has 0 aliphatic carbocycles. The fourth-order valence-electron chi connectivity index (χ4n) is 0.644. The van der Waals surface area contributed by atoms with Gasteiger partial charge in [0.2, 0.25) is 1.43 Å². The topological polar surface area (TPSA) is 78.3 Å². The maximum Gasteiger partial charge on any atom is 0.355 e. The highest BCUT2D eigenvalue weighted by molar-refractivity contribution is 5.71. The molecule has 0 fully saturated rings. The fourth-order valence-corrected chi connectivity index (χ4v) is 0.644. The Morgan fingerprint density at radius 3 is 2.56 bits per heavy atom. The summed E-state index contributed by atoms with van der Waals surface area (Å²) in [4.78, 5) is 4.33. The van der Waals surface area contributed by atoms with Crippen molar-refractivity contribution in [1.29, 1.82) is 0 Å². The van der Waals surface area contributed by atoms with Gasteiger partial charge in [-0.15, -0.1) is 0 Å². The van der Waals surface area contributed by atoms with Gasteiger partial charge in [-0.2, -0.15) is 0 Å². The predicted molar refractivity (Wildman–Crippen MR) is 35.3 cm³/mol. The van der Waals surface area contributed by atoms with Crippen molar-refractivity contribution in [2.24, 2.45) is 4.99 Å². The van der Waals surface area contributed by atoms with Crippen molar-refractivity contribution in [3.05, 3.63) is 0 Å². The van der Waals surface area contributed by atoms with Crippen LogP contribution < -0.4 is 4.89 Å². The van der Waals surface area contributed by atoms with Gasteiger partial charge in [0.25, 0.3) is 0 Å². The minimum absolute atomic E-state index is 0. The largest absolute Gasteiger partial charge is 0.870 e. The number of nitrogens with zero attached hydrogens (tertiary/aromatic N) is 1. The van der Waals surface area contributed by atoms with Gasteiger partial charge in [-0.05, 0) is 0 Å². The lowest BCUT2D eigenvalue weighted by Gasteiger charge is -2.00. The molecule has 0 spiro atoms. The van der Waals surface area contributed by atoms with Crippen LogP contribution in [0.1, 0.15) is 8.35 Å². The smallest absolute Gasteiger partial charge is 0.355 e. The maximum atomic E-state index is 7.50. The Morgan fingerprint density at radius 1 is 1.89 bits per heavy atom. The number of hydrogen-bond donors (Lipinski definition) is 1. The summed E-state index contributed by atoms with van der Waals surface area (Å²) < 4.78 is 12.2. The Kier molecular flexibility index (Phi) is 3.28. The molecule has 1 aliphatic heterocycles. The number of rotatable bonds is 0. The summed E-state index contributed by atoms with van der Waals surface area (Å²) in [6, 6.07) is 0. The third kappa shape index (κ3) is 2.55. The van der Waals surface area contributed by atoms with Gasteiger partial charge in [-0.1, -0.05) is 0 Å². The summed E-state index contributed by atoms with van der Waals surface area (Å²) in [5, 5.41) is 0.